The van der Waals surface area contributed by atoms with Crippen LogP contribution < -0.4 is 0 Å². The van der Waals surface area contributed by atoms with Crippen molar-refractivity contribution in [2.24, 2.45) is 0 Å². The van der Waals surface area contributed by atoms with Gasteiger partial charge < -0.3 is 4.90 Å². The van der Waals surface area contributed by atoms with Crippen LogP contribution in [0.3, 0.4) is 0 Å². The van der Waals surface area contributed by atoms with Crippen LogP contribution in [0.15, 0.2) is 12.4 Å². The van der Waals surface area contributed by atoms with Crippen LogP contribution in [0.5, 0.6) is 0 Å². The molecule has 1 aliphatic rings. The number of aromatic nitrogens is 2. The summed E-state index contributed by atoms with van der Waals surface area (Å²) in [6, 6.07) is -0.239. The molecule has 1 unspecified atom stereocenters. The van der Waals surface area contributed by atoms with E-state index < -0.39 is 6.67 Å². The predicted molar refractivity (Wildman–Crippen MR) is 48.6 cm³/mol. The van der Waals surface area contributed by atoms with Crippen molar-refractivity contribution in [2.75, 3.05) is 13.2 Å². The van der Waals surface area contributed by atoms with Gasteiger partial charge in [0, 0.05) is 12.7 Å². The lowest BCUT2D eigenvalue weighted by molar-refractivity contribution is 0.0716. The lowest BCUT2D eigenvalue weighted by atomic mass is 10.2. The van der Waals surface area contributed by atoms with Gasteiger partial charge in [-0.15, -0.1) is 0 Å². The molecule has 0 radical (unpaired) electrons. The van der Waals surface area contributed by atoms with Crippen LogP contribution in [0.1, 0.15) is 23.2 Å². The number of carbonyl (C=O) groups excluding carboxylic acids is 1. The first-order valence-electron chi connectivity index (χ1n) is 4.68. The molecular formula is C9H12FN3O. The van der Waals surface area contributed by atoms with Gasteiger partial charge >= 0.3 is 0 Å². The Morgan fingerprint density at radius 1 is 1.79 bits per heavy atom. The van der Waals surface area contributed by atoms with Crippen LogP contribution in [0.25, 0.3) is 0 Å². The Labute approximate surface area is 81.1 Å². The van der Waals surface area contributed by atoms with Gasteiger partial charge in [0.15, 0.2) is 0 Å². The van der Waals surface area contributed by atoms with E-state index in [0.717, 1.165) is 12.8 Å². The first-order valence-corrected chi connectivity index (χ1v) is 4.68. The monoisotopic (exact) mass is 197 g/mol. The minimum Gasteiger partial charge on any atom is -0.333 e. The molecule has 76 valence electrons. The van der Waals surface area contributed by atoms with E-state index in [1.165, 1.54) is 12.4 Å². The molecule has 0 aromatic carbocycles. The number of hydrogen-bond acceptors (Lipinski definition) is 2. The zero-order valence-corrected chi connectivity index (χ0v) is 7.74. The molecule has 0 saturated carbocycles. The molecule has 0 spiro atoms. The summed E-state index contributed by atoms with van der Waals surface area (Å²) in [5.41, 5.74) is 0.505. The van der Waals surface area contributed by atoms with Crippen molar-refractivity contribution in [1.82, 2.24) is 15.1 Å². The van der Waals surface area contributed by atoms with Crippen molar-refractivity contribution in [3.8, 4) is 0 Å². The van der Waals surface area contributed by atoms with Gasteiger partial charge in [-0.05, 0) is 12.8 Å². The molecule has 2 rings (SSSR count). The van der Waals surface area contributed by atoms with Crippen molar-refractivity contribution in [1.29, 1.82) is 0 Å². The highest BCUT2D eigenvalue weighted by Gasteiger charge is 2.29. The Morgan fingerprint density at radius 2 is 2.64 bits per heavy atom. The van der Waals surface area contributed by atoms with Gasteiger partial charge in [0.1, 0.15) is 6.67 Å². The van der Waals surface area contributed by atoms with Crippen molar-refractivity contribution in [2.45, 2.75) is 18.9 Å². The number of aromatic amines is 1. The fourth-order valence-electron chi connectivity index (χ4n) is 1.80. The van der Waals surface area contributed by atoms with Crippen LogP contribution in [-0.4, -0.2) is 40.3 Å². The molecule has 1 saturated heterocycles. The minimum atomic E-state index is -0.455. The van der Waals surface area contributed by atoms with Crippen molar-refractivity contribution < 1.29 is 9.18 Å². The second-order valence-corrected chi connectivity index (χ2v) is 3.44. The Morgan fingerprint density at radius 3 is 3.29 bits per heavy atom. The Kier molecular flexibility index (Phi) is 2.47. The van der Waals surface area contributed by atoms with Crippen LogP contribution >= 0.6 is 0 Å². The fraction of sp³-hybridized carbons (Fsp3) is 0.556. The van der Waals surface area contributed by atoms with Gasteiger partial charge in [-0.1, -0.05) is 0 Å². The second-order valence-electron chi connectivity index (χ2n) is 3.44. The maximum Gasteiger partial charge on any atom is 0.257 e. The lowest BCUT2D eigenvalue weighted by Gasteiger charge is -2.21. The van der Waals surface area contributed by atoms with Crippen LogP contribution in [0, 0.1) is 0 Å². The molecule has 5 heteroatoms. The smallest absolute Gasteiger partial charge is 0.257 e. The third kappa shape index (κ3) is 1.49. The van der Waals surface area contributed by atoms with E-state index in [1.54, 1.807) is 4.90 Å². The topological polar surface area (TPSA) is 49.0 Å². The average molecular weight is 197 g/mol. The van der Waals surface area contributed by atoms with E-state index in [9.17, 15) is 9.18 Å². The number of nitrogens with zero attached hydrogens (tertiary/aromatic N) is 2. The van der Waals surface area contributed by atoms with Gasteiger partial charge in [-0.25, -0.2) is 4.39 Å². The number of hydrogen-bond donors (Lipinski definition) is 1. The van der Waals surface area contributed by atoms with Crippen molar-refractivity contribution in [3.63, 3.8) is 0 Å². The summed E-state index contributed by atoms with van der Waals surface area (Å²) in [6.45, 7) is 0.197. The molecule has 0 aliphatic carbocycles. The predicted octanol–water partition coefficient (Wildman–Crippen LogP) is 0.984. The summed E-state index contributed by atoms with van der Waals surface area (Å²) in [5, 5.41) is 6.27. The summed E-state index contributed by atoms with van der Waals surface area (Å²) in [4.78, 5) is 13.4. The fourth-order valence-corrected chi connectivity index (χ4v) is 1.80. The van der Waals surface area contributed by atoms with E-state index >= 15 is 0 Å². The van der Waals surface area contributed by atoms with Crippen LogP contribution in [0.2, 0.25) is 0 Å². The summed E-state index contributed by atoms with van der Waals surface area (Å²) >= 11 is 0. The number of H-pyrrole nitrogens is 1. The first-order chi connectivity index (χ1) is 6.83. The molecule has 1 aromatic heterocycles. The molecule has 1 N–H and O–H groups in total. The summed E-state index contributed by atoms with van der Waals surface area (Å²) < 4.78 is 12.5. The summed E-state index contributed by atoms with van der Waals surface area (Å²) in [7, 11) is 0. The second kappa shape index (κ2) is 3.77. The Balaban J connectivity index is 2.11. The molecule has 1 amide bonds. The largest absolute Gasteiger partial charge is 0.333 e. The molecule has 2 heterocycles. The van der Waals surface area contributed by atoms with Crippen molar-refractivity contribution in [3.05, 3.63) is 18.0 Å². The molecule has 4 nitrogen and oxygen atoms in total. The molecule has 1 aliphatic heterocycles. The number of carbonyl (C=O) groups is 1. The SMILES string of the molecule is O=C(c1cn[nH]c1)N1CCCC1CF. The summed E-state index contributed by atoms with van der Waals surface area (Å²) in [5.74, 6) is -0.126. The molecule has 1 fully saturated rings. The van der Waals surface area contributed by atoms with E-state index in [1.807, 2.05) is 0 Å². The van der Waals surface area contributed by atoms with E-state index in [4.69, 9.17) is 0 Å². The number of rotatable bonds is 2. The Hall–Kier alpha value is -1.39. The highest BCUT2D eigenvalue weighted by Crippen LogP contribution is 2.19. The maximum absolute atomic E-state index is 12.5. The number of nitrogens with one attached hydrogen (secondary N) is 1. The van der Waals surface area contributed by atoms with Crippen molar-refractivity contribution >= 4 is 5.91 Å². The molecule has 14 heavy (non-hydrogen) atoms. The highest BCUT2D eigenvalue weighted by molar-refractivity contribution is 5.94. The van der Waals surface area contributed by atoms with Crippen LogP contribution in [0.4, 0.5) is 4.39 Å². The number of amides is 1. The van der Waals surface area contributed by atoms with Gasteiger partial charge in [-0.2, -0.15) is 5.10 Å². The van der Waals surface area contributed by atoms with Gasteiger partial charge in [-0.3, -0.25) is 9.89 Å². The average Bonchev–Trinajstić information content (AvgIpc) is 2.87. The third-order valence-corrected chi connectivity index (χ3v) is 2.56. The zero-order valence-electron chi connectivity index (χ0n) is 7.74. The molecule has 1 aromatic rings. The van der Waals surface area contributed by atoms with Crippen LogP contribution in [-0.2, 0) is 0 Å². The third-order valence-electron chi connectivity index (χ3n) is 2.56. The minimum absolute atomic E-state index is 0.126. The maximum atomic E-state index is 12.5. The zero-order chi connectivity index (χ0) is 9.97. The Bertz CT molecular complexity index is 312. The number of alkyl halides is 1. The molecular weight excluding hydrogens is 185 g/mol. The normalized spacial score (nSPS) is 21.5. The first kappa shape index (κ1) is 9.18. The van der Waals surface area contributed by atoms with Gasteiger partial charge in [0.25, 0.3) is 5.91 Å². The quantitative estimate of drug-likeness (QED) is 0.768. The van der Waals surface area contributed by atoms with Gasteiger partial charge in [0.05, 0.1) is 17.8 Å². The highest BCUT2D eigenvalue weighted by atomic mass is 19.1. The molecule has 1 atom stereocenters. The lowest BCUT2D eigenvalue weighted by Crippen LogP contribution is -2.36. The standard InChI is InChI=1S/C9H12FN3O/c10-4-8-2-1-3-13(8)9(14)7-5-11-12-6-7/h5-6,8H,1-4H2,(H,11,12). The van der Waals surface area contributed by atoms with E-state index in [2.05, 4.69) is 10.2 Å². The number of likely N-dealkylation sites (tertiary alicyclic amines) is 1. The number of halogens is 1. The molecule has 0 bridgehead atoms. The van der Waals surface area contributed by atoms with Gasteiger partial charge in [0.2, 0.25) is 0 Å². The summed E-state index contributed by atoms with van der Waals surface area (Å²) in [6.07, 6.45) is 4.66. The van der Waals surface area contributed by atoms with E-state index in [0.29, 0.717) is 12.1 Å². The van der Waals surface area contributed by atoms with E-state index in [-0.39, 0.29) is 11.9 Å².